The van der Waals surface area contributed by atoms with E-state index >= 15 is 0 Å². The van der Waals surface area contributed by atoms with Crippen molar-refractivity contribution in [3.8, 4) is 0 Å². The first-order valence-corrected chi connectivity index (χ1v) is 6.21. The van der Waals surface area contributed by atoms with Gasteiger partial charge in [-0.1, -0.05) is 23.2 Å². The van der Waals surface area contributed by atoms with Crippen LogP contribution in [0.25, 0.3) is 0 Å². The van der Waals surface area contributed by atoms with E-state index in [1.54, 1.807) is 0 Å². The van der Waals surface area contributed by atoms with Gasteiger partial charge >= 0.3 is 0 Å². The predicted molar refractivity (Wildman–Crippen MR) is 83.5 cm³/mol. The van der Waals surface area contributed by atoms with E-state index in [4.69, 9.17) is 23.2 Å². The second-order valence-electron chi connectivity index (χ2n) is 4.22. The molecule has 1 aromatic rings. The van der Waals surface area contributed by atoms with Crippen molar-refractivity contribution in [1.82, 2.24) is 5.32 Å². The van der Waals surface area contributed by atoms with Crippen LogP contribution in [0.2, 0.25) is 10.0 Å². The van der Waals surface area contributed by atoms with Crippen LogP contribution in [0.15, 0.2) is 12.1 Å². The summed E-state index contributed by atoms with van der Waals surface area (Å²) in [7, 11) is 0. The molecule has 102 valence electrons. The van der Waals surface area contributed by atoms with Crippen molar-refractivity contribution < 1.29 is 0 Å². The topological polar surface area (TPSA) is 27.3 Å². The highest BCUT2D eigenvalue weighted by Gasteiger charge is 2.28. The third kappa shape index (κ3) is 2.75. The largest absolute Gasteiger partial charge is 0.381 e. The first kappa shape index (κ1) is 16.0. The molecule has 2 aliphatic rings. The Morgan fingerprint density at radius 2 is 1.83 bits per heavy atom. The van der Waals surface area contributed by atoms with Crippen LogP contribution in [-0.2, 0) is 0 Å². The third-order valence-electron chi connectivity index (χ3n) is 3.23. The summed E-state index contributed by atoms with van der Waals surface area (Å²) < 4.78 is 0. The minimum absolute atomic E-state index is 0. The van der Waals surface area contributed by atoms with Crippen LogP contribution in [0.5, 0.6) is 0 Å². The van der Waals surface area contributed by atoms with E-state index < -0.39 is 0 Å². The summed E-state index contributed by atoms with van der Waals surface area (Å²) in [6.45, 7) is 4.03. The number of halogens is 4. The van der Waals surface area contributed by atoms with Crippen LogP contribution in [0.4, 0.5) is 11.4 Å². The summed E-state index contributed by atoms with van der Waals surface area (Å²) in [6.07, 6.45) is 0. The highest BCUT2D eigenvalue weighted by atomic mass is 35.5. The Morgan fingerprint density at radius 3 is 2.61 bits per heavy atom. The van der Waals surface area contributed by atoms with E-state index in [-0.39, 0.29) is 24.8 Å². The summed E-state index contributed by atoms with van der Waals surface area (Å²) in [4.78, 5) is 2.41. The van der Waals surface area contributed by atoms with Crippen molar-refractivity contribution in [2.75, 3.05) is 36.4 Å². The van der Waals surface area contributed by atoms with Crippen LogP contribution in [-0.4, -0.2) is 32.2 Å². The van der Waals surface area contributed by atoms with E-state index in [0.29, 0.717) is 16.1 Å². The monoisotopic (exact) mass is 329 g/mol. The molecule has 1 aromatic carbocycles. The fourth-order valence-corrected chi connectivity index (χ4v) is 2.73. The highest BCUT2D eigenvalue weighted by Crippen LogP contribution is 2.38. The number of rotatable bonds is 0. The van der Waals surface area contributed by atoms with Crippen molar-refractivity contribution in [3.63, 3.8) is 0 Å². The normalized spacial score (nSPS) is 20.8. The van der Waals surface area contributed by atoms with Crippen LogP contribution >= 0.6 is 48.0 Å². The molecule has 2 heterocycles. The van der Waals surface area contributed by atoms with Gasteiger partial charge in [-0.15, -0.1) is 24.8 Å². The number of nitrogens with zero attached hydrogens (tertiary/aromatic N) is 1. The Morgan fingerprint density at radius 1 is 1.11 bits per heavy atom. The molecule has 0 radical (unpaired) electrons. The van der Waals surface area contributed by atoms with E-state index in [0.717, 1.165) is 31.9 Å². The molecule has 0 aliphatic carbocycles. The van der Waals surface area contributed by atoms with Gasteiger partial charge in [0.2, 0.25) is 0 Å². The quantitative estimate of drug-likeness (QED) is 0.765. The average Bonchev–Trinajstić information content (AvgIpc) is 2.31. The summed E-state index contributed by atoms with van der Waals surface area (Å²) in [5.41, 5.74) is 2.26. The maximum absolute atomic E-state index is 6.07. The molecule has 18 heavy (non-hydrogen) atoms. The molecule has 0 unspecified atom stereocenters. The lowest BCUT2D eigenvalue weighted by molar-refractivity contribution is 0.482. The van der Waals surface area contributed by atoms with Gasteiger partial charge in [-0.2, -0.15) is 0 Å². The molecular formula is C11H15Cl4N3. The SMILES string of the molecule is Cl.Cl.Clc1cc2c(cc1Cl)N1CCNC[C@H]1CN2. The van der Waals surface area contributed by atoms with Gasteiger partial charge in [-0.25, -0.2) is 0 Å². The summed E-state index contributed by atoms with van der Waals surface area (Å²) in [6, 6.07) is 4.39. The number of anilines is 2. The van der Waals surface area contributed by atoms with Gasteiger partial charge in [0.1, 0.15) is 0 Å². The molecular weight excluding hydrogens is 316 g/mol. The zero-order valence-corrected chi connectivity index (χ0v) is 12.7. The van der Waals surface area contributed by atoms with Crippen LogP contribution in [0.3, 0.4) is 0 Å². The number of piperazine rings is 1. The molecule has 3 rings (SSSR count). The fraction of sp³-hybridized carbons (Fsp3) is 0.455. The van der Waals surface area contributed by atoms with Crippen molar-refractivity contribution in [2.45, 2.75) is 6.04 Å². The molecule has 0 aromatic heterocycles. The van der Waals surface area contributed by atoms with Gasteiger partial charge in [-0.3, -0.25) is 0 Å². The number of fused-ring (bicyclic) bond motifs is 3. The Kier molecular flexibility index (Phi) is 5.68. The van der Waals surface area contributed by atoms with E-state index in [2.05, 4.69) is 15.5 Å². The summed E-state index contributed by atoms with van der Waals surface area (Å²) >= 11 is 12.1. The zero-order valence-electron chi connectivity index (χ0n) is 9.58. The predicted octanol–water partition coefficient (Wildman–Crippen LogP) is 3.04. The minimum Gasteiger partial charge on any atom is -0.381 e. The smallest absolute Gasteiger partial charge is 0.0622 e. The minimum atomic E-state index is 0. The maximum Gasteiger partial charge on any atom is 0.0622 e. The molecule has 3 nitrogen and oxygen atoms in total. The zero-order chi connectivity index (χ0) is 11.1. The first-order valence-electron chi connectivity index (χ1n) is 5.46. The summed E-state index contributed by atoms with van der Waals surface area (Å²) in [5.74, 6) is 0. The van der Waals surface area contributed by atoms with Gasteiger partial charge in [0.15, 0.2) is 0 Å². The maximum atomic E-state index is 6.07. The number of nitrogens with one attached hydrogen (secondary N) is 2. The Balaban J connectivity index is 0.000000810. The van der Waals surface area contributed by atoms with Crippen molar-refractivity contribution in [2.24, 2.45) is 0 Å². The van der Waals surface area contributed by atoms with Gasteiger partial charge in [0, 0.05) is 26.2 Å². The molecule has 2 N–H and O–H groups in total. The lowest BCUT2D eigenvalue weighted by atomic mass is 10.1. The summed E-state index contributed by atoms with van der Waals surface area (Å²) in [5, 5.41) is 8.04. The van der Waals surface area contributed by atoms with Crippen molar-refractivity contribution in [1.29, 1.82) is 0 Å². The first-order chi connectivity index (χ1) is 7.75. The number of benzene rings is 1. The van der Waals surface area contributed by atoms with Crippen molar-refractivity contribution >= 4 is 59.4 Å². The van der Waals surface area contributed by atoms with E-state index in [1.165, 1.54) is 5.69 Å². The molecule has 1 fully saturated rings. The van der Waals surface area contributed by atoms with Gasteiger partial charge in [0.25, 0.3) is 0 Å². The van der Waals surface area contributed by atoms with Crippen molar-refractivity contribution in [3.05, 3.63) is 22.2 Å². The fourth-order valence-electron chi connectivity index (χ4n) is 2.40. The lowest BCUT2D eigenvalue weighted by Crippen LogP contribution is -2.56. The van der Waals surface area contributed by atoms with Crippen LogP contribution in [0, 0.1) is 0 Å². The third-order valence-corrected chi connectivity index (χ3v) is 3.95. The van der Waals surface area contributed by atoms with Gasteiger partial charge in [0.05, 0.1) is 27.5 Å². The van der Waals surface area contributed by atoms with E-state index in [9.17, 15) is 0 Å². The molecule has 0 amide bonds. The molecule has 7 heteroatoms. The molecule has 0 bridgehead atoms. The Hall–Kier alpha value is -0.0600. The Bertz CT molecular complexity index is 427. The molecule has 1 atom stereocenters. The molecule has 2 aliphatic heterocycles. The average molecular weight is 331 g/mol. The van der Waals surface area contributed by atoms with E-state index in [1.807, 2.05) is 12.1 Å². The Labute approximate surface area is 129 Å². The van der Waals surface area contributed by atoms with Gasteiger partial charge in [-0.05, 0) is 12.1 Å². The van der Waals surface area contributed by atoms with Crippen LogP contribution < -0.4 is 15.5 Å². The van der Waals surface area contributed by atoms with Gasteiger partial charge < -0.3 is 15.5 Å². The molecule has 0 spiro atoms. The number of hydrogen-bond acceptors (Lipinski definition) is 3. The lowest BCUT2D eigenvalue weighted by Gasteiger charge is -2.42. The standard InChI is InChI=1S/C11H13Cl2N3.2ClH/c12-8-3-10-11(4-9(8)13)16-2-1-14-5-7(16)6-15-10;;/h3-4,7,14-15H,1-2,5-6H2;2*1H/t7-;;/m0../s1. The second-order valence-corrected chi connectivity index (χ2v) is 5.03. The second kappa shape index (κ2) is 6.40. The molecule has 1 saturated heterocycles. The van der Waals surface area contributed by atoms with Crippen LogP contribution in [0.1, 0.15) is 0 Å². The number of hydrogen-bond donors (Lipinski definition) is 2. The highest BCUT2D eigenvalue weighted by molar-refractivity contribution is 6.42. The molecule has 0 saturated carbocycles.